The minimum Gasteiger partial charge on any atom is -0.428 e. The Labute approximate surface area is 48.9 Å². The van der Waals surface area contributed by atoms with Gasteiger partial charge in [-0.3, -0.25) is 0 Å². The second-order valence-electron chi connectivity index (χ2n) is 0.986. The van der Waals surface area contributed by atoms with Gasteiger partial charge in [0.2, 0.25) is 0 Å². The van der Waals surface area contributed by atoms with Crippen LogP contribution in [0.3, 0.4) is 0 Å². The molecule has 0 aromatic carbocycles. The molecule has 0 aliphatic heterocycles. The van der Waals surface area contributed by atoms with Crippen LogP contribution in [-0.4, -0.2) is 17.1 Å². The normalized spacial score (nSPS) is 6.57. The fourth-order valence-corrected chi connectivity index (χ4v) is 0. The van der Waals surface area contributed by atoms with Crippen LogP contribution < -0.4 is 0 Å². The monoisotopic (exact) mass is 118 g/mol. The summed E-state index contributed by atoms with van der Waals surface area (Å²) in [5.41, 5.74) is 0. The third-order valence-corrected chi connectivity index (χ3v) is 0.866. The second kappa shape index (κ2) is 16.8. The van der Waals surface area contributed by atoms with Gasteiger partial charge >= 0.3 is 0 Å². The van der Waals surface area contributed by atoms with Crippen molar-refractivity contribution in [3.63, 3.8) is 0 Å². The quantitative estimate of drug-likeness (QED) is 0.360. The molecule has 0 aliphatic carbocycles. The summed E-state index contributed by atoms with van der Waals surface area (Å²) in [7, 11) is 0.890. The zero-order valence-corrected chi connectivity index (χ0v) is 7.40. The summed E-state index contributed by atoms with van der Waals surface area (Å²) >= 11 is 0. The third-order valence-electron chi connectivity index (χ3n) is 0.289. The number of allylic oxidation sites excluding steroid dienone is 1. The highest BCUT2D eigenvalue weighted by molar-refractivity contribution is 5.97. The molecule has 0 N–H and O–H groups in total. The van der Waals surface area contributed by atoms with Gasteiger partial charge in [0, 0.05) is 6.61 Å². The third kappa shape index (κ3) is 108. The van der Waals surface area contributed by atoms with Crippen LogP contribution in [0.5, 0.6) is 0 Å². The van der Waals surface area contributed by atoms with E-state index in [2.05, 4.69) is 11.0 Å². The average Bonchev–Trinajstić information content (AvgIpc) is 1.69. The van der Waals surface area contributed by atoms with Crippen LogP contribution in [0.25, 0.3) is 0 Å². The first-order chi connectivity index (χ1) is 3.33. The van der Waals surface area contributed by atoms with Gasteiger partial charge in [0.1, 0.15) is 10.5 Å². The lowest BCUT2D eigenvalue weighted by Gasteiger charge is -1.77. The van der Waals surface area contributed by atoms with Gasteiger partial charge in [0.05, 0.1) is 0 Å². The maximum absolute atomic E-state index is 4.68. The van der Waals surface area contributed by atoms with E-state index in [0.29, 0.717) is 0 Å². The van der Waals surface area contributed by atoms with Crippen LogP contribution in [0.2, 0.25) is 0 Å². The molecule has 0 fully saturated rings. The smallest absolute Gasteiger partial charge is 0.145 e. The van der Waals surface area contributed by atoms with E-state index < -0.39 is 0 Å². The van der Waals surface area contributed by atoms with Crippen molar-refractivity contribution in [1.29, 1.82) is 0 Å². The maximum atomic E-state index is 4.68. The Morgan fingerprint density at radius 2 is 2.00 bits per heavy atom. The molecule has 0 saturated carbocycles. The van der Waals surface area contributed by atoms with Crippen LogP contribution in [-0.2, 0) is 4.43 Å². The molecule has 0 heterocycles. The standard InChI is InChI=1S/C3H6.C2H8OSi/c1-3-2;1-2-3-4/h3H,1H2,2H3;2H2,1,4H3. The van der Waals surface area contributed by atoms with Gasteiger partial charge in [-0.15, -0.1) is 6.58 Å². The molecular formula is C5H14OSi. The topological polar surface area (TPSA) is 9.23 Å². The molecule has 7 heavy (non-hydrogen) atoms. The first-order valence-corrected chi connectivity index (χ1v) is 3.21. The van der Waals surface area contributed by atoms with Crippen molar-refractivity contribution >= 4 is 10.5 Å². The van der Waals surface area contributed by atoms with E-state index in [1.165, 1.54) is 0 Å². The Bertz CT molecular complexity index is 27.3. The van der Waals surface area contributed by atoms with Gasteiger partial charge in [-0.1, -0.05) is 6.08 Å². The number of hydrogen-bond donors (Lipinski definition) is 0. The van der Waals surface area contributed by atoms with Gasteiger partial charge < -0.3 is 4.43 Å². The molecule has 0 atom stereocenters. The van der Waals surface area contributed by atoms with Crippen molar-refractivity contribution < 1.29 is 4.43 Å². The highest BCUT2D eigenvalue weighted by Gasteiger charge is 1.51. The van der Waals surface area contributed by atoms with Crippen molar-refractivity contribution in [3.8, 4) is 0 Å². The zero-order chi connectivity index (χ0) is 6.12. The lowest BCUT2D eigenvalue weighted by molar-refractivity contribution is 0.375. The summed E-state index contributed by atoms with van der Waals surface area (Å²) in [5, 5.41) is 0. The predicted octanol–water partition coefficient (Wildman–Crippen LogP) is 0.496. The van der Waals surface area contributed by atoms with Gasteiger partial charge in [-0.05, 0) is 13.8 Å². The molecule has 44 valence electrons. The molecule has 0 aromatic rings. The van der Waals surface area contributed by atoms with Crippen molar-refractivity contribution in [2.45, 2.75) is 13.8 Å². The molecule has 0 bridgehead atoms. The fourth-order valence-electron chi connectivity index (χ4n) is 0. The largest absolute Gasteiger partial charge is 0.428 e. The first kappa shape index (κ1) is 10.0. The van der Waals surface area contributed by atoms with Crippen molar-refractivity contribution in [2.24, 2.45) is 0 Å². The minimum absolute atomic E-state index is 0.881. The van der Waals surface area contributed by atoms with Gasteiger partial charge in [-0.25, -0.2) is 0 Å². The summed E-state index contributed by atoms with van der Waals surface area (Å²) in [6.07, 6.45) is 1.75. The first-order valence-electron chi connectivity index (χ1n) is 2.39. The molecule has 2 heteroatoms. The molecule has 1 nitrogen and oxygen atoms in total. The van der Waals surface area contributed by atoms with Crippen LogP contribution >= 0.6 is 0 Å². The Morgan fingerprint density at radius 3 is 2.00 bits per heavy atom. The van der Waals surface area contributed by atoms with E-state index in [9.17, 15) is 0 Å². The molecule has 0 radical (unpaired) electrons. The van der Waals surface area contributed by atoms with E-state index in [1.807, 2.05) is 13.8 Å². The van der Waals surface area contributed by atoms with E-state index in [1.54, 1.807) is 6.08 Å². The SMILES string of the molecule is C=CC.CCO[SiH3]. The fraction of sp³-hybridized carbons (Fsp3) is 0.600. The summed E-state index contributed by atoms with van der Waals surface area (Å²) in [5.74, 6) is 0. The second-order valence-corrected chi connectivity index (χ2v) is 1.56. The van der Waals surface area contributed by atoms with E-state index in [4.69, 9.17) is 0 Å². The highest BCUT2D eigenvalue weighted by atomic mass is 28.2. The molecular weight excluding hydrogens is 104 g/mol. The molecule has 0 rings (SSSR count). The average molecular weight is 118 g/mol. The Morgan fingerprint density at radius 1 is 1.86 bits per heavy atom. The maximum Gasteiger partial charge on any atom is 0.145 e. The molecule has 0 aromatic heterocycles. The molecule has 0 aliphatic rings. The van der Waals surface area contributed by atoms with Gasteiger partial charge in [0.15, 0.2) is 0 Å². The predicted molar refractivity (Wildman–Crippen MR) is 37.4 cm³/mol. The molecule has 0 saturated heterocycles. The number of hydrogen-bond acceptors (Lipinski definition) is 1. The van der Waals surface area contributed by atoms with Crippen LogP contribution in [0.4, 0.5) is 0 Å². The summed E-state index contributed by atoms with van der Waals surface area (Å²) in [6.45, 7) is 8.12. The van der Waals surface area contributed by atoms with Gasteiger partial charge in [0.25, 0.3) is 0 Å². The molecule has 0 unspecified atom stereocenters. The molecule has 0 amide bonds. The van der Waals surface area contributed by atoms with E-state index >= 15 is 0 Å². The van der Waals surface area contributed by atoms with Crippen LogP contribution in [0.15, 0.2) is 12.7 Å². The summed E-state index contributed by atoms with van der Waals surface area (Å²) in [4.78, 5) is 0. The van der Waals surface area contributed by atoms with E-state index in [-0.39, 0.29) is 0 Å². The summed E-state index contributed by atoms with van der Waals surface area (Å²) < 4.78 is 4.68. The summed E-state index contributed by atoms with van der Waals surface area (Å²) in [6, 6.07) is 0. The highest BCUT2D eigenvalue weighted by Crippen LogP contribution is 1.50. The molecule has 0 spiro atoms. The van der Waals surface area contributed by atoms with Crippen LogP contribution in [0.1, 0.15) is 13.8 Å². The van der Waals surface area contributed by atoms with Crippen molar-refractivity contribution in [1.82, 2.24) is 0 Å². The number of rotatable bonds is 1. The Hall–Kier alpha value is -0.0831. The minimum atomic E-state index is 0.881. The lowest BCUT2D eigenvalue weighted by Crippen LogP contribution is -1.76. The lowest BCUT2D eigenvalue weighted by atomic mass is 10.8. The van der Waals surface area contributed by atoms with Gasteiger partial charge in [-0.2, -0.15) is 0 Å². The Kier molecular flexibility index (Phi) is 24.1. The van der Waals surface area contributed by atoms with E-state index in [0.717, 1.165) is 17.1 Å². The van der Waals surface area contributed by atoms with Crippen molar-refractivity contribution in [2.75, 3.05) is 6.61 Å². The van der Waals surface area contributed by atoms with Crippen molar-refractivity contribution in [3.05, 3.63) is 12.7 Å². The zero-order valence-electron chi connectivity index (χ0n) is 5.40. The Balaban J connectivity index is 0. The van der Waals surface area contributed by atoms with Crippen LogP contribution in [0, 0.1) is 0 Å².